The van der Waals surface area contributed by atoms with Gasteiger partial charge < -0.3 is 92.8 Å². The number of nitrogens with one attached hydrogen (secondary N) is 1. The second kappa shape index (κ2) is 19.5. The van der Waals surface area contributed by atoms with Crippen molar-refractivity contribution in [1.29, 1.82) is 0 Å². The quantitative estimate of drug-likeness (QED) is 0.0619. The Bertz CT molecular complexity index is 2420. The summed E-state index contributed by atoms with van der Waals surface area (Å²) in [5.41, 5.74) is -8.61. The molecule has 3 unspecified atom stereocenters. The van der Waals surface area contributed by atoms with E-state index < -0.39 is 173 Å². The minimum Gasteiger partial charge on any atom is -0.465 e. The maximum Gasteiger partial charge on any atom is 0.252 e. The van der Waals surface area contributed by atoms with Gasteiger partial charge in [0, 0.05) is 50.7 Å². The summed E-state index contributed by atoms with van der Waals surface area (Å²) in [6, 6.07) is -0.840. The summed E-state index contributed by atoms with van der Waals surface area (Å²) in [6.07, 6.45) is -19.4. The lowest BCUT2D eigenvalue weighted by Gasteiger charge is -2.58. The van der Waals surface area contributed by atoms with Crippen LogP contribution in [0.2, 0.25) is 0 Å². The summed E-state index contributed by atoms with van der Waals surface area (Å²) in [4.78, 5) is 43.6. The third-order valence-corrected chi connectivity index (χ3v) is 17.8. The predicted octanol–water partition coefficient (Wildman–Crippen LogP) is -2.19. The van der Waals surface area contributed by atoms with E-state index in [2.05, 4.69) is 0 Å². The molecule has 0 aromatic heterocycles. The van der Waals surface area contributed by atoms with Crippen molar-refractivity contribution >= 4 is 11.6 Å². The third-order valence-electron chi connectivity index (χ3n) is 17.8. The van der Waals surface area contributed by atoms with Crippen LogP contribution in [-0.2, 0) is 61.7 Å². The number of rotatable bonds is 11. The fraction of sp³-hybridized carbons (Fsp3) is 0.804. The maximum absolute atomic E-state index is 15.4. The molecule has 75 heavy (non-hydrogen) atoms. The van der Waals surface area contributed by atoms with Crippen LogP contribution in [-0.4, -0.2) is 226 Å². The zero-order chi connectivity index (χ0) is 55.1. The molecule has 5 fully saturated rings. The number of carbonyl (C=O) groups is 2. The Morgan fingerprint density at radius 2 is 1.32 bits per heavy atom. The van der Waals surface area contributed by atoms with Gasteiger partial charge in [0.25, 0.3) is 5.54 Å². The summed E-state index contributed by atoms with van der Waals surface area (Å²) in [5, 5.41) is 94.1. The first-order chi connectivity index (χ1) is 34.9. The highest BCUT2D eigenvalue weighted by atomic mass is 16.8. The first-order valence-electron chi connectivity index (χ1n) is 25.6. The van der Waals surface area contributed by atoms with Crippen LogP contribution < -0.4 is 4.90 Å². The first kappa shape index (κ1) is 56.5. The van der Waals surface area contributed by atoms with Crippen molar-refractivity contribution in [1.82, 2.24) is 0 Å². The molecule has 2 bridgehead atoms. The molecule has 24 nitrogen and oxygen atoms in total. The van der Waals surface area contributed by atoms with Crippen LogP contribution in [0.4, 0.5) is 0 Å². The molecule has 5 saturated heterocycles. The molecule has 5 heterocycles. The topological polar surface area (TPSA) is 325 Å². The largest absolute Gasteiger partial charge is 0.465 e. The number of aliphatic hydroxyl groups excluding tert-OH is 4. The van der Waals surface area contributed by atoms with Crippen LogP contribution in [0.3, 0.4) is 0 Å². The molecular formula is C51H75N2O22+. The molecule has 24 heteroatoms. The van der Waals surface area contributed by atoms with Gasteiger partial charge in [0.05, 0.1) is 61.8 Å². The molecule has 0 radical (unpaired) electrons. The van der Waals surface area contributed by atoms with E-state index in [1.165, 1.54) is 62.9 Å². The van der Waals surface area contributed by atoms with E-state index in [0.29, 0.717) is 10.5 Å². The number of likely N-dealkylation sites (N-methyl/N-ethyl adjacent to an activating group) is 1. The maximum atomic E-state index is 15.4. The Kier molecular flexibility index (Phi) is 14.7. The van der Waals surface area contributed by atoms with E-state index in [9.17, 15) is 50.7 Å². The van der Waals surface area contributed by atoms with E-state index in [1.807, 2.05) is 0 Å². The number of ketones is 2. The van der Waals surface area contributed by atoms with Gasteiger partial charge in [-0.25, -0.2) is 0 Å². The molecule has 0 spiro atoms. The van der Waals surface area contributed by atoms with Gasteiger partial charge in [-0.3, -0.25) is 19.7 Å². The highest BCUT2D eigenvalue weighted by molar-refractivity contribution is 6.24. The number of carbonyl (C=O) groups excluding carboxylic acids is 2. The number of methoxy groups -OCH3 is 3. The lowest BCUT2D eigenvalue weighted by Crippen LogP contribution is -3.15. The number of nitrogens with zero attached hydrogens (tertiary/aromatic N) is 1. The summed E-state index contributed by atoms with van der Waals surface area (Å²) < 4.78 is 68.1. The van der Waals surface area contributed by atoms with Crippen molar-refractivity contribution < 1.29 is 107 Å². The second-order valence-corrected chi connectivity index (χ2v) is 23.2. The number of Topliss-reactive ketones (excluding diaryl/α,β-unsaturated/α-hetero) is 2. The van der Waals surface area contributed by atoms with Crippen molar-refractivity contribution in [2.75, 3.05) is 35.4 Å². The van der Waals surface area contributed by atoms with Crippen molar-refractivity contribution in [2.45, 2.75) is 213 Å². The third kappa shape index (κ3) is 8.65. The van der Waals surface area contributed by atoms with E-state index in [0.717, 1.165) is 0 Å². The number of hydrogen-bond donors (Lipinski definition) is 8. The molecule has 5 aliphatic heterocycles. The molecule has 9 aliphatic rings. The average Bonchev–Trinajstić information content (AvgIpc) is 3.31. The Morgan fingerprint density at radius 1 is 0.747 bits per heavy atom. The van der Waals surface area contributed by atoms with Gasteiger partial charge in [-0.05, 0) is 60.5 Å². The van der Waals surface area contributed by atoms with Crippen LogP contribution in [0.5, 0.6) is 0 Å². The molecule has 9 rings (SSSR count). The zero-order valence-electron chi connectivity index (χ0n) is 44.5. The first-order valence-corrected chi connectivity index (χ1v) is 25.6. The minimum absolute atomic E-state index is 0.00243. The van der Waals surface area contributed by atoms with Crippen LogP contribution in [0.15, 0.2) is 45.8 Å². The molecule has 0 saturated carbocycles. The van der Waals surface area contributed by atoms with E-state index in [4.69, 9.17) is 52.1 Å². The van der Waals surface area contributed by atoms with Gasteiger partial charge >= 0.3 is 0 Å². The summed E-state index contributed by atoms with van der Waals surface area (Å²) >= 11 is 0. The van der Waals surface area contributed by atoms with E-state index >= 15 is 4.79 Å². The Balaban J connectivity index is 1.04. The molecule has 25 atom stereocenters. The molecular weight excluding hydrogens is 993 g/mol. The molecule has 420 valence electrons. The highest BCUT2D eigenvalue weighted by Gasteiger charge is 2.68. The van der Waals surface area contributed by atoms with Crippen LogP contribution in [0.1, 0.15) is 74.7 Å². The number of aliphatic hydroxyl groups is 7. The number of ether oxygens (including phenoxy) is 11. The SMILES string of the molecule is CO[C@H]1[C@H](O[C@@H]2C3=C(CC4=C(C(=O)C5=C6O[C@@H]7O[C@](C)(C6C=CC5C4=O)[C@@H](O[C@H]4C[C@](C)([N+](=O)[O-])[C@H](O[C@@H]5O[C@@H](C)[C@H](O)[C@@](C)(O)[C@H]5OC)[C@@H](C)O4)[C@@H]([NH+](C)C)[C@@H]7O)C3O)C[C@](C)(O)[C@H]2OC)O[C@@H](C)[C@H](O)[C@@]1(C)O. The van der Waals surface area contributed by atoms with Crippen LogP contribution in [0.25, 0.3) is 0 Å². The van der Waals surface area contributed by atoms with Gasteiger partial charge in [0.2, 0.25) is 6.29 Å². The standard InChI is InChI=1S/C51H74N2O22/c1-19-37(58)49(6,61)42(66-12)45(69-19)73-36-27-22(17-48(5,60)41(36)65-11)16-24-28(32(27)55)33(56)29-23(31(24)54)14-15-25-35(29)72-44-34(57)30(52(9)10)40(51(25,8)75-44)71-26-18-47(4,53(63)64)39(21(3)68-26)74-46-43(67-13)50(7,62)38(59)20(2)70-46/h14-15,19-21,23,25-26,30,32,34,36-46,55,57-62H,16-18H2,1-13H3/p+1/t19-,20-,21+,23?,25?,26-,30-,32?,34-,36+,37-,38-,39+,40-,41-,42-,43-,44+,45-,46-,47-,48-,49+,50+,51+/m0/s1. The van der Waals surface area contributed by atoms with Crippen molar-refractivity contribution in [3.63, 3.8) is 0 Å². The number of allylic oxidation sites excluding steroid dienone is 3. The van der Waals surface area contributed by atoms with Crippen molar-refractivity contribution in [3.8, 4) is 0 Å². The molecule has 4 aliphatic carbocycles. The van der Waals surface area contributed by atoms with Gasteiger partial charge in [-0.1, -0.05) is 17.7 Å². The lowest BCUT2D eigenvalue weighted by molar-refractivity contribution is -0.899. The normalized spacial score (nSPS) is 50.8. The molecule has 0 aromatic rings. The fourth-order valence-corrected chi connectivity index (χ4v) is 13.8. The lowest BCUT2D eigenvalue weighted by atomic mass is 9.62. The Morgan fingerprint density at radius 3 is 1.87 bits per heavy atom. The molecule has 8 N–H and O–H groups in total. The summed E-state index contributed by atoms with van der Waals surface area (Å²) in [7, 11) is 7.48. The highest BCUT2D eigenvalue weighted by Crippen LogP contribution is 2.55. The van der Waals surface area contributed by atoms with Crippen LogP contribution >= 0.6 is 0 Å². The second-order valence-electron chi connectivity index (χ2n) is 23.2. The van der Waals surface area contributed by atoms with Gasteiger partial charge in [0.1, 0.15) is 77.4 Å². The fourth-order valence-electron chi connectivity index (χ4n) is 13.8. The predicted molar refractivity (Wildman–Crippen MR) is 253 cm³/mol. The van der Waals surface area contributed by atoms with Gasteiger partial charge in [0.15, 0.2) is 42.6 Å². The zero-order valence-corrected chi connectivity index (χ0v) is 44.5. The summed E-state index contributed by atoms with van der Waals surface area (Å²) in [5.74, 6) is -3.41. The Labute approximate surface area is 434 Å². The van der Waals surface area contributed by atoms with Crippen LogP contribution in [0, 0.1) is 22.0 Å². The van der Waals surface area contributed by atoms with Gasteiger partial charge in [-0.15, -0.1) is 0 Å². The van der Waals surface area contributed by atoms with Crippen molar-refractivity contribution in [2.24, 2.45) is 11.8 Å². The monoisotopic (exact) mass is 1070 g/mol. The Hall–Kier alpha value is -3.22. The summed E-state index contributed by atoms with van der Waals surface area (Å²) in [6.45, 7) is 11.9. The number of hydrogen-bond acceptors (Lipinski definition) is 22. The number of nitro groups is 1. The van der Waals surface area contributed by atoms with Crippen molar-refractivity contribution in [3.05, 3.63) is 55.9 Å². The number of quaternary nitrogens is 1. The molecule has 0 amide bonds. The smallest absolute Gasteiger partial charge is 0.252 e. The average molecular weight is 1070 g/mol. The molecule has 0 aromatic carbocycles. The minimum atomic E-state index is -1.93. The number of fused-ring (bicyclic) bond motifs is 5. The van der Waals surface area contributed by atoms with E-state index in [1.54, 1.807) is 40.1 Å². The van der Waals surface area contributed by atoms with E-state index in [-0.39, 0.29) is 40.9 Å². The van der Waals surface area contributed by atoms with Gasteiger partial charge in [-0.2, -0.15) is 0 Å².